The van der Waals surface area contributed by atoms with Gasteiger partial charge in [0.25, 0.3) is 0 Å². The van der Waals surface area contributed by atoms with E-state index < -0.39 is 5.97 Å². The molecular weight excluding hydrogens is 394 g/mol. The summed E-state index contributed by atoms with van der Waals surface area (Å²) >= 11 is 0. The number of carboxylic acid groups (broad SMARTS) is 1. The molecule has 0 unspecified atom stereocenters. The summed E-state index contributed by atoms with van der Waals surface area (Å²) in [6.07, 6.45) is 2.48. The van der Waals surface area contributed by atoms with Crippen LogP contribution in [0.15, 0.2) is 54.7 Å². The monoisotopic (exact) mass is 417 g/mol. The van der Waals surface area contributed by atoms with E-state index in [1.165, 1.54) is 28.5 Å². The van der Waals surface area contributed by atoms with Crippen molar-refractivity contribution in [3.05, 3.63) is 77.4 Å². The van der Waals surface area contributed by atoms with Gasteiger partial charge in [-0.1, -0.05) is 48.5 Å². The molecular formula is C24H23N3O4. The highest BCUT2D eigenvalue weighted by atomic mass is 16.6. The van der Waals surface area contributed by atoms with Crippen LogP contribution in [-0.4, -0.2) is 51.7 Å². The largest absolute Gasteiger partial charge is 0.477 e. The average Bonchev–Trinajstić information content (AvgIpc) is 3.42. The summed E-state index contributed by atoms with van der Waals surface area (Å²) < 4.78 is 5.74. The third kappa shape index (κ3) is 3.56. The van der Waals surface area contributed by atoms with Crippen molar-refractivity contribution in [3.8, 4) is 11.1 Å². The first kappa shape index (κ1) is 19.4. The van der Waals surface area contributed by atoms with Gasteiger partial charge in [0, 0.05) is 24.9 Å². The molecule has 7 heteroatoms. The van der Waals surface area contributed by atoms with E-state index in [1.54, 1.807) is 4.90 Å². The predicted molar refractivity (Wildman–Crippen MR) is 114 cm³/mol. The summed E-state index contributed by atoms with van der Waals surface area (Å²) in [5.41, 5.74) is 4.90. The van der Waals surface area contributed by atoms with E-state index in [0.717, 1.165) is 12.8 Å². The molecule has 5 rings (SSSR count). The Morgan fingerprint density at radius 3 is 2.23 bits per heavy atom. The number of aromatic nitrogens is 2. The standard InChI is InChI=1S/C24H23N3O4/c28-23(29)21-13-25-22(26-21)15-9-11-27(12-10-15)24(30)31-14-20-18-7-3-1-5-16(18)17-6-2-4-8-19(17)20/h1-8,13,15,20H,9-12,14H2,(H,25,26)(H,28,29). The molecule has 2 N–H and O–H groups in total. The fourth-order valence-corrected chi connectivity index (χ4v) is 4.67. The van der Waals surface area contributed by atoms with Crippen LogP contribution in [0.3, 0.4) is 0 Å². The molecule has 0 atom stereocenters. The maximum Gasteiger partial charge on any atom is 0.409 e. The lowest BCUT2D eigenvalue weighted by Gasteiger charge is -2.30. The van der Waals surface area contributed by atoms with Gasteiger partial charge in [-0.25, -0.2) is 14.6 Å². The minimum atomic E-state index is -1.02. The van der Waals surface area contributed by atoms with Crippen LogP contribution in [0.1, 0.15) is 52.1 Å². The number of amides is 1. The van der Waals surface area contributed by atoms with Crippen LogP contribution in [0.2, 0.25) is 0 Å². The molecule has 31 heavy (non-hydrogen) atoms. The number of hydrogen-bond acceptors (Lipinski definition) is 4. The van der Waals surface area contributed by atoms with Crippen LogP contribution < -0.4 is 0 Å². The van der Waals surface area contributed by atoms with Crippen molar-refractivity contribution < 1.29 is 19.4 Å². The van der Waals surface area contributed by atoms with Gasteiger partial charge in [-0.2, -0.15) is 0 Å². The van der Waals surface area contributed by atoms with Crippen LogP contribution in [0.5, 0.6) is 0 Å². The highest BCUT2D eigenvalue weighted by molar-refractivity contribution is 5.85. The predicted octanol–water partition coefficient (Wildman–Crippen LogP) is 4.24. The Bertz CT molecular complexity index is 1090. The number of imidazole rings is 1. The van der Waals surface area contributed by atoms with Gasteiger partial charge in [0.1, 0.15) is 18.1 Å². The number of piperidine rings is 1. The highest BCUT2D eigenvalue weighted by Gasteiger charge is 2.31. The molecule has 0 saturated carbocycles. The summed E-state index contributed by atoms with van der Waals surface area (Å²) in [5.74, 6) is -0.184. The van der Waals surface area contributed by atoms with Crippen LogP contribution in [-0.2, 0) is 4.74 Å². The van der Waals surface area contributed by atoms with Gasteiger partial charge in [-0.05, 0) is 35.1 Å². The van der Waals surface area contributed by atoms with Crippen LogP contribution in [0.4, 0.5) is 4.79 Å². The van der Waals surface area contributed by atoms with Crippen molar-refractivity contribution in [3.63, 3.8) is 0 Å². The molecule has 2 aromatic carbocycles. The molecule has 0 radical (unpaired) electrons. The number of aromatic amines is 1. The lowest BCUT2D eigenvalue weighted by molar-refractivity contribution is 0.0691. The molecule has 1 saturated heterocycles. The number of nitrogens with one attached hydrogen (secondary N) is 1. The minimum absolute atomic E-state index is 0.0476. The molecule has 2 aliphatic rings. The van der Waals surface area contributed by atoms with E-state index in [2.05, 4.69) is 34.2 Å². The smallest absolute Gasteiger partial charge is 0.409 e. The maximum absolute atomic E-state index is 12.7. The molecule has 1 amide bonds. The van der Waals surface area contributed by atoms with Gasteiger partial charge in [0.15, 0.2) is 0 Å². The number of fused-ring (bicyclic) bond motifs is 3. The van der Waals surface area contributed by atoms with Crippen molar-refractivity contribution in [2.24, 2.45) is 0 Å². The first-order chi connectivity index (χ1) is 15.1. The van der Waals surface area contributed by atoms with Gasteiger partial charge >= 0.3 is 12.1 Å². The number of aromatic carboxylic acids is 1. The fourth-order valence-electron chi connectivity index (χ4n) is 4.67. The van der Waals surface area contributed by atoms with Crippen molar-refractivity contribution >= 4 is 12.1 Å². The highest BCUT2D eigenvalue weighted by Crippen LogP contribution is 2.44. The second-order valence-electron chi connectivity index (χ2n) is 8.05. The van der Waals surface area contributed by atoms with E-state index >= 15 is 0 Å². The number of likely N-dealkylation sites (tertiary alicyclic amines) is 1. The van der Waals surface area contributed by atoms with Crippen LogP contribution >= 0.6 is 0 Å². The lowest BCUT2D eigenvalue weighted by Crippen LogP contribution is -2.39. The summed E-state index contributed by atoms with van der Waals surface area (Å²) in [7, 11) is 0. The number of benzene rings is 2. The van der Waals surface area contributed by atoms with Crippen molar-refractivity contribution in [1.82, 2.24) is 14.9 Å². The number of nitrogens with zero attached hydrogens (tertiary/aromatic N) is 2. The number of hydrogen-bond donors (Lipinski definition) is 2. The van der Waals surface area contributed by atoms with Gasteiger partial charge in [0.2, 0.25) is 0 Å². The maximum atomic E-state index is 12.7. The van der Waals surface area contributed by atoms with Gasteiger partial charge in [-0.15, -0.1) is 0 Å². The molecule has 0 spiro atoms. The van der Waals surface area contributed by atoms with Gasteiger partial charge in [0.05, 0.1) is 6.20 Å². The number of carboxylic acids is 1. The molecule has 2 heterocycles. The van der Waals surface area contributed by atoms with Gasteiger partial charge < -0.3 is 19.7 Å². The topological polar surface area (TPSA) is 95.5 Å². The Morgan fingerprint density at radius 2 is 1.65 bits per heavy atom. The zero-order valence-electron chi connectivity index (χ0n) is 17.0. The first-order valence-electron chi connectivity index (χ1n) is 10.5. The quantitative estimate of drug-likeness (QED) is 0.662. The second-order valence-corrected chi connectivity index (χ2v) is 8.05. The number of ether oxygens (including phenoxy) is 1. The van der Waals surface area contributed by atoms with E-state index in [1.807, 2.05) is 24.3 Å². The molecule has 1 aliphatic heterocycles. The summed E-state index contributed by atoms with van der Waals surface area (Å²) in [6, 6.07) is 16.6. The zero-order valence-corrected chi connectivity index (χ0v) is 17.0. The first-order valence-corrected chi connectivity index (χ1v) is 10.5. The third-order valence-electron chi connectivity index (χ3n) is 6.30. The SMILES string of the molecule is O=C(O)c1cnc(C2CCN(C(=O)OCC3c4ccccc4-c4ccccc43)CC2)[nH]1. The molecule has 1 aliphatic carbocycles. The van der Waals surface area contributed by atoms with Crippen LogP contribution in [0, 0.1) is 0 Å². The number of H-pyrrole nitrogens is 1. The fraction of sp³-hybridized carbons (Fsp3) is 0.292. The lowest BCUT2D eigenvalue weighted by atomic mass is 9.96. The normalized spacial score (nSPS) is 16.1. The van der Waals surface area contributed by atoms with E-state index in [-0.39, 0.29) is 23.6 Å². The summed E-state index contributed by atoms with van der Waals surface area (Å²) in [4.78, 5) is 32.5. The molecule has 1 fully saturated rings. The Hall–Kier alpha value is -3.61. The Morgan fingerprint density at radius 1 is 1.03 bits per heavy atom. The van der Waals surface area contributed by atoms with Crippen molar-refractivity contribution in [1.29, 1.82) is 0 Å². The van der Waals surface area contributed by atoms with Crippen molar-refractivity contribution in [2.75, 3.05) is 19.7 Å². The Balaban J connectivity index is 1.21. The number of carbonyl (C=O) groups excluding carboxylic acids is 1. The Labute approximate surface area is 179 Å². The van der Waals surface area contributed by atoms with Gasteiger partial charge in [-0.3, -0.25) is 0 Å². The zero-order chi connectivity index (χ0) is 21.4. The third-order valence-corrected chi connectivity index (χ3v) is 6.30. The van der Waals surface area contributed by atoms with Crippen LogP contribution in [0.25, 0.3) is 11.1 Å². The molecule has 1 aromatic heterocycles. The summed E-state index contributed by atoms with van der Waals surface area (Å²) in [6.45, 7) is 1.43. The Kier molecular flexibility index (Phi) is 4.94. The van der Waals surface area contributed by atoms with E-state index in [4.69, 9.17) is 9.84 Å². The number of carbonyl (C=O) groups is 2. The number of rotatable bonds is 4. The second kappa shape index (κ2) is 7.91. The molecule has 0 bridgehead atoms. The average molecular weight is 417 g/mol. The van der Waals surface area contributed by atoms with Crippen molar-refractivity contribution in [2.45, 2.75) is 24.7 Å². The molecule has 3 aromatic rings. The molecule has 7 nitrogen and oxygen atoms in total. The summed E-state index contributed by atoms with van der Waals surface area (Å²) in [5, 5.41) is 9.04. The molecule has 158 valence electrons. The van der Waals surface area contributed by atoms with E-state index in [9.17, 15) is 9.59 Å². The minimum Gasteiger partial charge on any atom is -0.477 e. The van der Waals surface area contributed by atoms with E-state index in [0.29, 0.717) is 25.5 Å².